The summed E-state index contributed by atoms with van der Waals surface area (Å²) in [5.74, 6) is 0. The monoisotopic (exact) mass is 205 g/mol. The summed E-state index contributed by atoms with van der Waals surface area (Å²) < 4.78 is 2.07. The summed E-state index contributed by atoms with van der Waals surface area (Å²) in [7, 11) is 4.31. The standard InChI is InChI=1S/C12H19N3/c1-14-5-3-12(4-6-14)7-10-9-13-15(2)11(10)8-12/h9H,3-8H2,1-2H3. The molecule has 0 atom stereocenters. The highest BCUT2D eigenvalue weighted by Gasteiger charge is 2.40. The lowest BCUT2D eigenvalue weighted by atomic mass is 9.76. The number of likely N-dealkylation sites (tertiary alicyclic amines) is 1. The topological polar surface area (TPSA) is 21.1 Å². The van der Waals surface area contributed by atoms with Crippen molar-refractivity contribution in [2.75, 3.05) is 20.1 Å². The van der Waals surface area contributed by atoms with Crippen molar-refractivity contribution in [3.8, 4) is 0 Å². The minimum atomic E-state index is 0.581. The van der Waals surface area contributed by atoms with Crippen molar-refractivity contribution in [2.45, 2.75) is 25.7 Å². The van der Waals surface area contributed by atoms with Gasteiger partial charge in [0.25, 0.3) is 0 Å². The molecule has 1 aliphatic carbocycles. The highest BCUT2D eigenvalue weighted by Crippen LogP contribution is 2.44. The van der Waals surface area contributed by atoms with E-state index in [-0.39, 0.29) is 0 Å². The molecule has 0 amide bonds. The zero-order valence-corrected chi connectivity index (χ0v) is 9.66. The third-order valence-corrected chi connectivity index (χ3v) is 4.30. The third kappa shape index (κ3) is 1.41. The van der Waals surface area contributed by atoms with Gasteiger partial charge in [-0.15, -0.1) is 0 Å². The molecule has 3 nitrogen and oxygen atoms in total. The Kier molecular flexibility index (Phi) is 1.93. The molecule has 82 valence electrons. The van der Waals surface area contributed by atoms with Crippen LogP contribution in [0.25, 0.3) is 0 Å². The number of hydrogen-bond donors (Lipinski definition) is 0. The average molecular weight is 205 g/mol. The van der Waals surface area contributed by atoms with Crippen molar-refractivity contribution in [1.82, 2.24) is 14.7 Å². The summed E-state index contributed by atoms with van der Waals surface area (Å²) in [6.07, 6.45) is 7.31. The van der Waals surface area contributed by atoms with Gasteiger partial charge in [-0.1, -0.05) is 0 Å². The lowest BCUT2D eigenvalue weighted by Crippen LogP contribution is -2.38. The van der Waals surface area contributed by atoms with E-state index in [0.29, 0.717) is 5.41 Å². The van der Waals surface area contributed by atoms with E-state index in [0.717, 1.165) is 0 Å². The molecule has 2 heterocycles. The Morgan fingerprint density at radius 1 is 1.20 bits per heavy atom. The first-order valence-electron chi connectivity index (χ1n) is 5.87. The maximum absolute atomic E-state index is 4.34. The highest BCUT2D eigenvalue weighted by molar-refractivity contribution is 5.27. The van der Waals surface area contributed by atoms with E-state index in [1.165, 1.54) is 50.0 Å². The van der Waals surface area contributed by atoms with E-state index < -0.39 is 0 Å². The van der Waals surface area contributed by atoms with Gasteiger partial charge in [-0.2, -0.15) is 5.10 Å². The second-order valence-corrected chi connectivity index (χ2v) is 5.40. The molecule has 1 aliphatic heterocycles. The molecule has 1 fully saturated rings. The lowest BCUT2D eigenvalue weighted by molar-refractivity contribution is 0.130. The molecule has 0 radical (unpaired) electrons. The second kappa shape index (κ2) is 3.08. The minimum absolute atomic E-state index is 0.581. The molecule has 0 unspecified atom stereocenters. The molecule has 0 N–H and O–H groups in total. The average Bonchev–Trinajstić information content (AvgIpc) is 2.73. The Morgan fingerprint density at radius 3 is 2.60 bits per heavy atom. The van der Waals surface area contributed by atoms with Gasteiger partial charge in [0, 0.05) is 12.7 Å². The van der Waals surface area contributed by atoms with Crippen molar-refractivity contribution >= 4 is 0 Å². The fourth-order valence-corrected chi connectivity index (χ4v) is 3.15. The van der Waals surface area contributed by atoms with Crippen LogP contribution in [-0.2, 0) is 19.9 Å². The van der Waals surface area contributed by atoms with Crippen LogP contribution in [0.2, 0.25) is 0 Å². The number of aromatic nitrogens is 2. The van der Waals surface area contributed by atoms with Crippen LogP contribution in [0, 0.1) is 5.41 Å². The van der Waals surface area contributed by atoms with Gasteiger partial charge in [-0.3, -0.25) is 4.68 Å². The van der Waals surface area contributed by atoms with E-state index in [1.54, 1.807) is 0 Å². The maximum atomic E-state index is 4.34. The molecule has 0 aromatic carbocycles. The number of rotatable bonds is 0. The van der Waals surface area contributed by atoms with Gasteiger partial charge in [-0.05, 0) is 56.8 Å². The van der Waals surface area contributed by atoms with Crippen molar-refractivity contribution in [3.63, 3.8) is 0 Å². The molecule has 3 heteroatoms. The van der Waals surface area contributed by atoms with Crippen LogP contribution in [0.1, 0.15) is 24.1 Å². The molecule has 1 spiro atoms. The number of piperidine rings is 1. The number of nitrogens with zero attached hydrogens (tertiary/aromatic N) is 3. The largest absolute Gasteiger partial charge is 0.306 e. The molecule has 3 rings (SSSR count). The number of fused-ring (bicyclic) bond motifs is 1. The van der Waals surface area contributed by atoms with Crippen molar-refractivity contribution in [3.05, 3.63) is 17.5 Å². The summed E-state index contributed by atoms with van der Waals surface area (Å²) >= 11 is 0. The van der Waals surface area contributed by atoms with E-state index in [9.17, 15) is 0 Å². The number of aryl methyl sites for hydroxylation is 1. The zero-order valence-electron chi connectivity index (χ0n) is 9.66. The smallest absolute Gasteiger partial charge is 0.0524 e. The molecular formula is C12H19N3. The molecular weight excluding hydrogens is 186 g/mol. The van der Waals surface area contributed by atoms with Crippen molar-refractivity contribution in [2.24, 2.45) is 12.5 Å². The van der Waals surface area contributed by atoms with Crippen LogP contribution in [0.4, 0.5) is 0 Å². The molecule has 1 aromatic heterocycles. The summed E-state index contributed by atoms with van der Waals surface area (Å²) in [6.45, 7) is 2.53. The first kappa shape index (κ1) is 9.40. The van der Waals surface area contributed by atoms with E-state index in [2.05, 4.69) is 35.0 Å². The first-order chi connectivity index (χ1) is 7.19. The molecule has 1 saturated heterocycles. The Hall–Kier alpha value is -0.830. The fourth-order valence-electron chi connectivity index (χ4n) is 3.15. The third-order valence-electron chi connectivity index (χ3n) is 4.30. The number of hydrogen-bond acceptors (Lipinski definition) is 2. The molecule has 0 saturated carbocycles. The molecule has 15 heavy (non-hydrogen) atoms. The van der Waals surface area contributed by atoms with Crippen LogP contribution in [-0.4, -0.2) is 34.8 Å². The Morgan fingerprint density at radius 2 is 1.93 bits per heavy atom. The Labute approximate surface area is 91.1 Å². The van der Waals surface area contributed by atoms with Gasteiger partial charge < -0.3 is 4.90 Å². The first-order valence-corrected chi connectivity index (χ1v) is 5.87. The minimum Gasteiger partial charge on any atom is -0.306 e. The summed E-state index contributed by atoms with van der Waals surface area (Å²) in [5.41, 5.74) is 3.57. The van der Waals surface area contributed by atoms with E-state index in [1.807, 2.05) is 0 Å². The second-order valence-electron chi connectivity index (χ2n) is 5.40. The summed E-state index contributed by atoms with van der Waals surface area (Å²) in [5, 5.41) is 4.34. The Bertz CT molecular complexity index is 372. The van der Waals surface area contributed by atoms with Crippen LogP contribution < -0.4 is 0 Å². The normalized spacial score (nSPS) is 24.7. The van der Waals surface area contributed by atoms with Crippen LogP contribution >= 0.6 is 0 Å². The van der Waals surface area contributed by atoms with Gasteiger partial charge in [0.05, 0.1) is 6.20 Å². The van der Waals surface area contributed by atoms with Gasteiger partial charge in [0.1, 0.15) is 0 Å². The Balaban J connectivity index is 1.83. The quantitative estimate of drug-likeness (QED) is 0.635. The molecule has 2 aliphatic rings. The van der Waals surface area contributed by atoms with Gasteiger partial charge >= 0.3 is 0 Å². The predicted molar refractivity (Wildman–Crippen MR) is 59.8 cm³/mol. The van der Waals surface area contributed by atoms with Crippen molar-refractivity contribution in [1.29, 1.82) is 0 Å². The van der Waals surface area contributed by atoms with E-state index in [4.69, 9.17) is 0 Å². The predicted octanol–water partition coefficient (Wildman–Crippen LogP) is 1.23. The molecule has 0 bridgehead atoms. The van der Waals surface area contributed by atoms with Gasteiger partial charge in [-0.25, -0.2) is 0 Å². The zero-order chi connectivity index (χ0) is 10.5. The van der Waals surface area contributed by atoms with Crippen molar-refractivity contribution < 1.29 is 0 Å². The van der Waals surface area contributed by atoms with Gasteiger partial charge in [0.2, 0.25) is 0 Å². The van der Waals surface area contributed by atoms with Crippen LogP contribution in [0.15, 0.2) is 6.20 Å². The fraction of sp³-hybridized carbons (Fsp3) is 0.750. The van der Waals surface area contributed by atoms with Crippen LogP contribution in [0.5, 0.6) is 0 Å². The van der Waals surface area contributed by atoms with E-state index >= 15 is 0 Å². The lowest BCUT2D eigenvalue weighted by Gasteiger charge is -2.37. The highest BCUT2D eigenvalue weighted by atomic mass is 15.3. The molecule has 1 aromatic rings. The van der Waals surface area contributed by atoms with Gasteiger partial charge in [0.15, 0.2) is 0 Å². The maximum Gasteiger partial charge on any atom is 0.0524 e. The summed E-state index contributed by atoms with van der Waals surface area (Å²) in [4.78, 5) is 2.45. The SMILES string of the molecule is CN1CCC2(CC1)Cc1cnn(C)c1C2. The summed E-state index contributed by atoms with van der Waals surface area (Å²) in [6, 6.07) is 0. The van der Waals surface area contributed by atoms with Crippen LogP contribution in [0.3, 0.4) is 0 Å².